The van der Waals surface area contributed by atoms with Crippen molar-refractivity contribution < 1.29 is 19.0 Å². The van der Waals surface area contributed by atoms with Gasteiger partial charge in [0.05, 0.1) is 20.3 Å². The Balaban J connectivity index is 2.40. The molecule has 21 heavy (non-hydrogen) atoms. The Hall–Kier alpha value is -1.75. The summed E-state index contributed by atoms with van der Waals surface area (Å²) >= 11 is 0. The molecule has 0 saturated heterocycles. The number of esters is 1. The molecule has 1 aromatic carbocycles. The van der Waals surface area contributed by atoms with Gasteiger partial charge in [-0.05, 0) is 45.0 Å². The van der Waals surface area contributed by atoms with Crippen LogP contribution in [-0.2, 0) is 9.53 Å². The molecule has 0 unspecified atom stereocenters. The summed E-state index contributed by atoms with van der Waals surface area (Å²) in [5.41, 5.74) is 0. The van der Waals surface area contributed by atoms with Gasteiger partial charge in [-0.25, -0.2) is 0 Å². The standard InChI is InChI=1S/C16H25NO4/c1-5-20-16(18)12-17(13(2)3)10-11-21-15-8-6-14(19-4)7-9-15/h6-9,13H,5,10-12H2,1-4H3. The predicted molar refractivity (Wildman–Crippen MR) is 81.8 cm³/mol. The maximum atomic E-state index is 11.5. The fraction of sp³-hybridized carbons (Fsp3) is 0.562. The number of methoxy groups -OCH3 is 1. The maximum absolute atomic E-state index is 11.5. The van der Waals surface area contributed by atoms with E-state index >= 15 is 0 Å². The highest BCUT2D eigenvalue weighted by molar-refractivity contribution is 5.71. The SMILES string of the molecule is CCOC(=O)CN(CCOc1ccc(OC)cc1)C(C)C. The van der Waals surface area contributed by atoms with Crippen molar-refractivity contribution in [1.82, 2.24) is 4.90 Å². The molecule has 1 rings (SSSR count). The van der Waals surface area contributed by atoms with Gasteiger partial charge in [0, 0.05) is 12.6 Å². The highest BCUT2D eigenvalue weighted by Gasteiger charge is 2.14. The van der Waals surface area contributed by atoms with Gasteiger partial charge >= 0.3 is 5.97 Å². The van der Waals surface area contributed by atoms with Gasteiger partial charge in [-0.15, -0.1) is 0 Å². The van der Waals surface area contributed by atoms with E-state index in [1.807, 2.05) is 49.9 Å². The molecule has 0 bridgehead atoms. The summed E-state index contributed by atoms with van der Waals surface area (Å²) in [6, 6.07) is 7.70. The van der Waals surface area contributed by atoms with Crippen molar-refractivity contribution in [2.75, 3.05) is 33.4 Å². The lowest BCUT2D eigenvalue weighted by molar-refractivity contribution is -0.145. The van der Waals surface area contributed by atoms with Gasteiger partial charge in [0.15, 0.2) is 0 Å². The van der Waals surface area contributed by atoms with Crippen molar-refractivity contribution in [2.24, 2.45) is 0 Å². The zero-order chi connectivity index (χ0) is 15.7. The second-order valence-corrected chi connectivity index (χ2v) is 4.89. The first-order valence-corrected chi connectivity index (χ1v) is 7.23. The van der Waals surface area contributed by atoms with E-state index in [-0.39, 0.29) is 18.6 Å². The summed E-state index contributed by atoms with van der Waals surface area (Å²) in [5, 5.41) is 0. The lowest BCUT2D eigenvalue weighted by Gasteiger charge is -2.25. The molecule has 0 aromatic heterocycles. The van der Waals surface area contributed by atoms with Crippen molar-refractivity contribution in [3.8, 4) is 11.5 Å². The Labute approximate surface area is 126 Å². The Morgan fingerprint density at radius 2 is 1.81 bits per heavy atom. The number of ether oxygens (including phenoxy) is 3. The maximum Gasteiger partial charge on any atom is 0.320 e. The van der Waals surface area contributed by atoms with Gasteiger partial charge < -0.3 is 14.2 Å². The molecule has 0 spiro atoms. The molecule has 0 heterocycles. The van der Waals surface area contributed by atoms with Crippen LogP contribution in [0.4, 0.5) is 0 Å². The van der Waals surface area contributed by atoms with Crippen LogP contribution in [0.15, 0.2) is 24.3 Å². The van der Waals surface area contributed by atoms with Gasteiger partial charge in [-0.3, -0.25) is 9.69 Å². The highest BCUT2D eigenvalue weighted by Crippen LogP contribution is 2.16. The molecule has 0 aliphatic carbocycles. The smallest absolute Gasteiger partial charge is 0.320 e. The first kappa shape index (κ1) is 17.3. The van der Waals surface area contributed by atoms with E-state index in [4.69, 9.17) is 14.2 Å². The Kier molecular flexibility index (Phi) is 7.61. The van der Waals surface area contributed by atoms with E-state index < -0.39 is 0 Å². The minimum absolute atomic E-state index is 0.198. The second-order valence-electron chi connectivity index (χ2n) is 4.89. The van der Waals surface area contributed by atoms with E-state index in [0.29, 0.717) is 19.8 Å². The monoisotopic (exact) mass is 295 g/mol. The lowest BCUT2D eigenvalue weighted by Crippen LogP contribution is -2.39. The van der Waals surface area contributed by atoms with Crippen LogP contribution < -0.4 is 9.47 Å². The van der Waals surface area contributed by atoms with Crippen LogP contribution >= 0.6 is 0 Å². The number of hydrogen-bond acceptors (Lipinski definition) is 5. The van der Waals surface area contributed by atoms with E-state index in [1.54, 1.807) is 7.11 Å². The third kappa shape index (κ3) is 6.49. The van der Waals surface area contributed by atoms with Crippen LogP contribution in [0.2, 0.25) is 0 Å². The molecule has 5 heteroatoms. The normalized spacial score (nSPS) is 10.8. The molecule has 1 aromatic rings. The largest absolute Gasteiger partial charge is 0.497 e. The zero-order valence-electron chi connectivity index (χ0n) is 13.3. The van der Waals surface area contributed by atoms with E-state index in [2.05, 4.69) is 0 Å². The molecule has 0 saturated carbocycles. The summed E-state index contributed by atoms with van der Waals surface area (Å²) in [4.78, 5) is 13.6. The molecule has 0 radical (unpaired) electrons. The number of nitrogens with zero attached hydrogens (tertiary/aromatic N) is 1. The molecule has 118 valence electrons. The van der Waals surface area contributed by atoms with Crippen LogP contribution in [0.25, 0.3) is 0 Å². The summed E-state index contributed by atoms with van der Waals surface area (Å²) in [6.45, 7) is 7.79. The average Bonchev–Trinajstić information content (AvgIpc) is 2.47. The van der Waals surface area contributed by atoms with Crippen molar-refractivity contribution in [3.05, 3.63) is 24.3 Å². The molecule has 0 N–H and O–H groups in total. The van der Waals surface area contributed by atoms with Crippen molar-refractivity contribution in [2.45, 2.75) is 26.8 Å². The fourth-order valence-electron chi connectivity index (χ4n) is 1.84. The summed E-state index contributed by atoms with van der Waals surface area (Å²) < 4.78 is 15.8. The minimum Gasteiger partial charge on any atom is -0.497 e. The fourth-order valence-corrected chi connectivity index (χ4v) is 1.84. The molecule has 0 fully saturated rings. The molecule has 0 amide bonds. The van der Waals surface area contributed by atoms with Gasteiger partial charge in [-0.2, -0.15) is 0 Å². The molecular weight excluding hydrogens is 270 g/mol. The van der Waals surface area contributed by atoms with E-state index in [1.165, 1.54) is 0 Å². The van der Waals surface area contributed by atoms with Crippen LogP contribution in [0, 0.1) is 0 Å². The number of carbonyl (C=O) groups excluding carboxylic acids is 1. The molecule has 0 aliphatic heterocycles. The summed E-state index contributed by atoms with van der Waals surface area (Å²) in [6.07, 6.45) is 0. The number of benzene rings is 1. The van der Waals surface area contributed by atoms with Crippen molar-refractivity contribution >= 4 is 5.97 Å². The summed E-state index contributed by atoms with van der Waals surface area (Å²) in [7, 11) is 1.63. The molecule has 5 nitrogen and oxygen atoms in total. The van der Waals surface area contributed by atoms with Crippen LogP contribution in [-0.4, -0.2) is 50.3 Å². The quantitative estimate of drug-likeness (QED) is 0.654. The van der Waals surface area contributed by atoms with Gasteiger partial charge in [0.1, 0.15) is 18.1 Å². The molecular formula is C16H25NO4. The van der Waals surface area contributed by atoms with Gasteiger partial charge in [-0.1, -0.05) is 0 Å². The number of carbonyl (C=O) groups is 1. The van der Waals surface area contributed by atoms with Crippen molar-refractivity contribution in [3.63, 3.8) is 0 Å². The van der Waals surface area contributed by atoms with E-state index in [9.17, 15) is 4.79 Å². The minimum atomic E-state index is -0.198. The Morgan fingerprint density at radius 3 is 2.33 bits per heavy atom. The van der Waals surface area contributed by atoms with Crippen molar-refractivity contribution in [1.29, 1.82) is 0 Å². The Morgan fingerprint density at radius 1 is 1.19 bits per heavy atom. The third-order valence-corrected chi connectivity index (χ3v) is 3.07. The van der Waals surface area contributed by atoms with Crippen LogP contribution in [0.3, 0.4) is 0 Å². The topological polar surface area (TPSA) is 48.0 Å². The number of rotatable bonds is 9. The highest BCUT2D eigenvalue weighted by atomic mass is 16.5. The second kappa shape index (κ2) is 9.23. The lowest BCUT2D eigenvalue weighted by atomic mass is 10.3. The first-order valence-electron chi connectivity index (χ1n) is 7.23. The van der Waals surface area contributed by atoms with Gasteiger partial charge in [0.2, 0.25) is 0 Å². The predicted octanol–water partition coefficient (Wildman–Crippen LogP) is 2.35. The van der Waals surface area contributed by atoms with Crippen LogP contribution in [0.5, 0.6) is 11.5 Å². The Bertz CT molecular complexity index is 417. The first-order chi connectivity index (χ1) is 10.1. The van der Waals surface area contributed by atoms with Crippen LogP contribution in [0.1, 0.15) is 20.8 Å². The average molecular weight is 295 g/mol. The summed E-state index contributed by atoms with van der Waals surface area (Å²) in [5.74, 6) is 1.39. The third-order valence-electron chi connectivity index (χ3n) is 3.07. The number of hydrogen-bond donors (Lipinski definition) is 0. The zero-order valence-corrected chi connectivity index (χ0v) is 13.3. The molecule has 0 aliphatic rings. The van der Waals surface area contributed by atoms with E-state index in [0.717, 1.165) is 11.5 Å². The van der Waals surface area contributed by atoms with Gasteiger partial charge in [0.25, 0.3) is 0 Å². The molecule has 0 atom stereocenters.